The number of hydrogen-bond donors (Lipinski definition) is 2. The van der Waals surface area contributed by atoms with E-state index in [0.29, 0.717) is 24.5 Å². The van der Waals surface area contributed by atoms with Gasteiger partial charge in [-0.25, -0.2) is 0 Å². The van der Waals surface area contributed by atoms with Crippen LogP contribution in [-0.2, 0) is 0 Å². The third kappa shape index (κ3) is 5.80. The summed E-state index contributed by atoms with van der Waals surface area (Å²) >= 11 is 0. The van der Waals surface area contributed by atoms with Gasteiger partial charge < -0.3 is 19.3 Å². The van der Waals surface area contributed by atoms with Gasteiger partial charge in [0.15, 0.2) is 11.5 Å². The van der Waals surface area contributed by atoms with Crippen LogP contribution in [0.25, 0.3) is 0 Å². The Balaban J connectivity index is 1.68. The van der Waals surface area contributed by atoms with Gasteiger partial charge in [0.2, 0.25) is 0 Å². The maximum atomic E-state index is 10.9. The van der Waals surface area contributed by atoms with Crippen molar-refractivity contribution in [3.63, 3.8) is 0 Å². The lowest BCUT2D eigenvalue weighted by Crippen LogP contribution is -3.28. The van der Waals surface area contributed by atoms with E-state index in [9.17, 15) is 4.79 Å². The minimum Gasteiger partial charge on any atom is -0.490 e. The summed E-state index contributed by atoms with van der Waals surface area (Å²) in [7, 11) is 0. The second kappa shape index (κ2) is 10.3. The molecule has 24 heavy (non-hydrogen) atoms. The lowest BCUT2D eigenvalue weighted by molar-refractivity contribution is -1.01. The number of carbonyl (C=O) groups excluding carboxylic acids is 1. The smallest absolute Gasteiger partial charge is 0.161 e. The van der Waals surface area contributed by atoms with Gasteiger partial charge in [0.25, 0.3) is 0 Å². The van der Waals surface area contributed by atoms with Gasteiger partial charge in [-0.2, -0.15) is 0 Å². The highest BCUT2D eigenvalue weighted by Crippen LogP contribution is 2.28. The molecule has 1 aromatic carbocycles. The highest BCUT2D eigenvalue weighted by Gasteiger charge is 2.20. The van der Waals surface area contributed by atoms with Crippen LogP contribution in [0.1, 0.15) is 37.0 Å². The minimum atomic E-state index is 0.563. The monoisotopic (exact) mass is 336 g/mol. The number of quaternary nitrogens is 2. The van der Waals surface area contributed by atoms with Crippen LogP contribution in [0.5, 0.6) is 11.5 Å². The van der Waals surface area contributed by atoms with E-state index in [-0.39, 0.29) is 0 Å². The van der Waals surface area contributed by atoms with Gasteiger partial charge >= 0.3 is 0 Å². The molecule has 0 aromatic heterocycles. The van der Waals surface area contributed by atoms with Crippen molar-refractivity contribution < 1.29 is 24.1 Å². The van der Waals surface area contributed by atoms with Gasteiger partial charge in [-0.1, -0.05) is 0 Å². The number of nitrogens with one attached hydrogen (secondary N) is 2. The van der Waals surface area contributed by atoms with Gasteiger partial charge in [0, 0.05) is 5.56 Å². The Bertz CT molecular complexity index is 499. The number of likely N-dealkylation sites (N-methyl/N-ethyl adjacent to an activating group) is 1. The summed E-state index contributed by atoms with van der Waals surface area (Å²) < 4.78 is 11.4. The fourth-order valence-corrected chi connectivity index (χ4v) is 3.21. The van der Waals surface area contributed by atoms with Crippen molar-refractivity contribution in [3.05, 3.63) is 23.8 Å². The van der Waals surface area contributed by atoms with E-state index in [4.69, 9.17) is 9.47 Å². The molecular weight excluding hydrogens is 304 g/mol. The van der Waals surface area contributed by atoms with Crippen LogP contribution in [0, 0.1) is 0 Å². The molecule has 2 N–H and O–H groups in total. The average Bonchev–Trinajstić information content (AvgIpc) is 2.63. The standard InChI is InChI=1S/C19H30N2O3/c1-3-20-10-12-21(13-11-20)9-5-6-14-24-18-8-7-17(16-22)15-19(18)23-4-2/h7-8,15-16H,3-6,9-14H2,1-2H3/p+2. The molecule has 0 saturated carbocycles. The zero-order valence-corrected chi connectivity index (χ0v) is 15.1. The highest BCUT2D eigenvalue weighted by atomic mass is 16.5. The van der Waals surface area contributed by atoms with Crippen LogP contribution in [0.15, 0.2) is 18.2 Å². The third-order valence-electron chi connectivity index (χ3n) is 4.75. The summed E-state index contributed by atoms with van der Waals surface area (Å²) in [6, 6.07) is 5.34. The van der Waals surface area contributed by atoms with Gasteiger partial charge in [-0.05, 0) is 44.9 Å². The molecule has 0 atom stereocenters. The molecule has 1 saturated heterocycles. The first kappa shape index (κ1) is 18.7. The number of benzene rings is 1. The Labute approximate surface area is 145 Å². The number of aldehydes is 1. The van der Waals surface area contributed by atoms with Crippen molar-refractivity contribution in [1.29, 1.82) is 0 Å². The van der Waals surface area contributed by atoms with E-state index < -0.39 is 0 Å². The number of ether oxygens (including phenoxy) is 2. The van der Waals surface area contributed by atoms with Crippen LogP contribution < -0.4 is 19.3 Å². The maximum Gasteiger partial charge on any atom is 0.161 e. The molecule has 0 aliphatic carbocycles. The van der Waals surface area contributed by atoms with E-state index in [1.807, 2.05) is 13.0 Å². The average molecular weight is 336 g/mol. The summed E-state index contributed by atoms with van der Waals surface area (Å²) in [5.74, 6) is 1.39. The second-order valence-electron chi connectivity index (χ2n) is 6.42. The van der Waals surface area contributed by atoms with Gasteiger partial charge in [-0.15, -0.1) is 0 Å². The number of piperazine rings is 1. The van der Waals surface area contributed by atoms with E-state index in [1.54, 1.807) is 21.9 Å². The predicted molar refractivity (Wildman–Crippen MR) is 94.5 cm³/mol. The van der Waals surface area contributed by atoms with E-state index >= 15 is 0 Å². The molecule has 0 bridgehead atoms. The highest BCUT2D eigenvalue weighted by molar-refractivity contribution is 5.76. The largest absolute Gasteiger partial charge is 0.490 e. The predicted octanol–water partition coefficient (Wildman–Crippen LogP) is -0.140. The Morgan fingerprint density at radius 2 is 1.75 bits per heavy atom. The van der Waals surface area contributed by atoms with Crippen LogP contribution in [-0.4, -0.2) is 58.8 Å². The fourth-order valence-electron chi connectivity index (χ4n) is 3.21. The lowest BCUT2D eigenvalue weighted by atomic mass is 10.2. The van der Waals surface area contributed by atoms with E-state index in [0.717, 1.165) is 18.5 Å². The summed E-state index contributed by atoms with van der Waals surface area (Å²) in [5, 5.41) is 0. The Kier molecular flexibility index (Phi) is 8.05. The molecule has 0 spiro atoms. The number of unbranched alkanes of at least 4 members (excludes halogenated alkanes) is 1. The molecule has 2 rings (SSSR count). The fraction of sp³-hybridized carbons (Fsp3) is 0.632. The topological polar surface area (TPSA) is 44.4 Å². The van der Waals surface area contributed by atoms with Crippen LogP contribution in [0.4, 0.5) is 0 Å². The number of hydrogen-bond acceptors (Lipinski definition) is 3. The number of rotatable bonds is 10. The molecule has 0 radical (unpaired) electrons. The van der Waals surface area contributed by atoms with Crippen molar-refractivity contribution in [2.24, 2.45) is 0 Å². The first-order valence-electron chi connectivity index (χ1n) is 9.28. The zero-order chi connectivity index (χ0) is 17.2. The molecule has 1 aromatic rings. The third-order valence-corrected chi connectivity index (χ3v) is 4.75. The first-order chi connectivity index (χ1) is 11.8. The van der Waals surface area contributed by atoms with Crippen molar-refractivity contribution >= 4 is 6.29 Å². The summed E-state index contributed by atoms with van der Waals surface area (Å²) in [6.07, 6.45) is 3.07. The summed E-state index contributed by atoms with van der Waals surface area (Å²) in [6.45, 7) is 13.2. The van der Waals surface area contributed by atoms with Gasteiger partial charge in [0.05, 0.1) is 26.3 Å². The van der Waals surface area contributed by atoms with Crippen molar-refractivity contribution in [2.75, 3.05) is 52.5 Å². The van der Waals surface area contributed by atoms with Crippen LogP contribution >= 0.6 is 0 Å². The first-order valence-corrected chi connectivity index (χ1v) is 9.28. The van der Waals surface area contributed by atoms with Crippen LogP contribution in [0.3, 0.4) is 0 Å². The number of carbonyl (C=O) groups is 1. The van der Waals surface area contributed by atoms with E-state index in [1.165, 1.54) is 45.7 Å². The molecule has 1 aliphatic rings. The van der Waals surface area contributed by atoms with Gasteiger partial charge in [-0.3, -0.25) is 4.79 Å². The second-order valence-corrected chi connectivity index (χ2v) is 6.42. The minimum absolute atomic E-state index is 0.563. The normalized spacial score (nSPS) is 20.6. The molecule has 5 heteroatoms. The molecule has 134 valence electrons. The maximum absolute atomic E-state index is 10.9. The SMILES string of the molecule is CCOc1cc(C=O)ccc1OCCCC[NH+]1CC[NH+](CC)CC1. The van der Waals surface area contributed by atoms with E-state index in [2.05, 4.69) is 6.92 Å². The molecular formula is C19H32N2O3+2. The van der Waals surface area contributed by atoms with Crippen molar-refractivity contribution in [1.82, 2.24) is 0 Å². The molecule has 0 amide bonds. The van der Waals surface area contributed by atoms with Crippen molar-refractivity contribution in [2.45, 2.75) is 26.7 Å². The molecule has 5 nitrogen and oxygen atoms in total. The summed E-state index contributed by atoms with van der Waals surface area (Å²) in [4.78, 5) is 14.3. The Morgan fingerprint density at radius 3 is 2.42 bits per heavy atom. The van der Waals surface area contributed by atoms with Gasteiger partial charge in [0.1, 0.15) is 32.5 Å². The zero-order valence-electron chi connectivity index (χ0n) is 15.1. The van der Waals surface area contributed by atoms with Crippen molar-refractivity contribution in [3.8, 4) is 11.5 Å². The lowest BCUT2D eigenvalue weighted by Gasteiger charge is -2.28. The summed E-state index contributed by atoms with van der Waals surface area (Å²) in [5.41, 5.74) is 0.614. The molecule has 1 fully saturated rings. The Morgan fingerprint density at radius 1 is 1.00 bits per heavy atom. The molecule has 1 heterocycles. The molecule has 0 unspecified atom stereocenters. The quantitative estimate of drug-likeness (QED) is 0.462. The Hall–Kier alpha value is -1.59. The molecule has 1 aliphatic heterocycles. The van der Waals surface area contributed by atoms with Crippen LogP contribution in [0.2, 0.25) is 0 Å².